The monoisotopic (exact) mass is 968 g/mol. The number of hydrogen-bond acceptors (Lipinski definition) is 12. The Morgan fingerprint density at radius 2 is 1.58 bits per heavy atom. The zero-order valence-electron chi connectivity index (χ0n) is 38.6. The summed E-state index contributed by atoms with van der Waals surface area (Å²) in [6.07, 6.45) is 7.63. The minimum absolute atomic E-state index is 0.114. The first-order valence-corrected chi connectivity index (χ1v) is 26.7. The van der Waals surface area contributed by atoms with Crippen LogP contribution < -0.4 is 20.3 Å². The lowest BCUT2D eigenvalue weighted by molar-refractivity contribution is -0.384. The Balaban J connectivity index is 0.878. The number of halogens is 1. The van der Waals surface area contributed by atoms with Gasteiger partial charge in [0.05, 0.1) is 9.82 Å². The van der Waals surface area contributed by atoms with Crippen molar-refractivity contribution in [1.82, 2.24) is 24.7 Å². The number of carbonyl (C=O) groups is 1. The van der Waals surface area contributed by atoms with Gasteiger partial charge in [-0.05, 0) is 129 Å². The third-order valence-electron chi connectivity index (χ3n) is 13.8. The van der Waals surface area contributed by atoms with Gasteiger partial charge >= 0.3 is 0 Å². The van der Waals surface area contributed by atoms with Gasteiger partial charge in [0.1, 0.15) is 5.69 Å². The van der Waals surface area contributed by atoms with Crippen LogP contribution in [0, 0.1) is 15.5 Å². The highest BCUT2D eigenvalue weighted by atomic mass is 35.5. The number of carbonyl (C=O) groups excluding carboxylic acids is 1. The van der Waals surface area contributed by atoms with Gasteiger partial charge in [-0.3, -0.25) is 19.8 Å². The molecular weight excluding hydrogens is 904 g/mol. The number of allylic oxidation sites excluding steroid dienone is 1. The van der Waals surface area contributed by atoms with Gasteiger partial charge in [-0.25, -0.2) is 13.1 Å². The molecule has 3 saturated heterocycles. The molecule has 3 N–H and O–H groups in total. The van der Waals surface area contributed by atoms with Gasteiger partial charge in [0.25, 0.3) is 21.6 Å². The molecule has 0 saturated carbocycles. The topological polar surface area (TPSA) is 143 Å². The standard InChI is InChI=1S/C51H65ClN8O5S2/c1-51(38-58-28-23-53-24-29-58)22-20-47(39-10-14-42(52)15-11-39)41(35-51)36-57-30-32-59(33-31-57)44-16-12-40(13-17-44)50(61)55-67(64,65)46-18-19-48(49(34-46)60(62)63)54-43(21-27-56-25-6-3-7-26-56)37-66-45-8-4-2-5-9-45/h2,4-5,8-19,34,43,53-54H,3,6-7,20-33,35-38H2,1H3,(H,55,61)/t43-,51-/m1/s1. The highest BCUT2D eigenvalue weighted by molar-refractivity contribution is 7.99. The molecule has 0 aromatic heterocycles. The third kappa shape index (κ3) is 13.4. The van der Waals surface area contributed by atoms with Crippen LogP contribution in [0.3, 0.4) is 0 Å². The van der Waals surface area contributed by atoms with Crippen molar-refractivity contribution in [3.05, 3.63) is 129 Å². The number of nitrogens with one attached hydrogen (secondary N) is 3. The number of nitro benzene ring substituents is 1. The van der Waals surface area contributed by atoms with Crippen LogP contribution >= 0.6 is 23.4 Å². The van der Waals surface area contributed by atoms with Gasteiger partial charge in [0.2, 0.25) is 0 Å². The number of nitro groups is 1. The number of nitrogens with zero attached hydrogens (tertiary/aromatic N) is 5. The molecule has 2 atom stereocenters. The van der Waals surface area contributed by atoms with Crippen molar-refractivity contribution in [2.24, 2.45) is 5.41 Å². The molecule has 3 heterocycles. The summed E-state index contributed by atoms with van der Waals surface area (Å²) in [6, 6.07) is 29.0. The molecule has 8 rings (SSSR count). The number of anilines is 2. The number of amides is 1. The van der Waals surface area contributed by atoms with E-state index < -0.39 is 20.9 Å². The SMILES string of the molecule is C[C@@]1(CN2CCNCC2)CCC(c2ccc(Cl)cc2)=C(CN2CCN(c3ccc(C(=O)NS(=O)(=O)c4ccc(N[C@H](CCN5CCCCC5)CSc5ccccc5)c([N+](=O)[O-])c4)cc3)CC2)C1. The summed E-state index contributed by atoms with van der Waals surface area (Å²) in [5.74, 6) is -0.138. The summed E-state index contributed by atoms with van der Waals surface area (Å²) in [4.78, 5) is 35.9. The summed E-state index contributed by atoms with van der Waals surface area (Å²) in [7, 11) is -4.44. The summed E-state index contributed by atoms with van der Waals surface area (Å²) < 4.78 is 29.3. The van der Waals surface area contributed by atoms with Crippen LogP contribution in [0.5, 0.6) is 0 Å². The van der Waals surface area contributed by atoms with E-state index in [2.05, 4.69) is 54.0 Å². The van der Waals surface area contributed by atoms with Gasteiger partial charge in [-0.2, -0.15) is 0 Å². The minimum Gasteiger partial charge on any atom is -0.376 e. The van der Waals surface area contributed by atoms with E-state index in [9.17, 15) is 23.3 Å². The molecular formula is C51H65ClN8O5S2. The fourth-order valence-corrected chi connectivity index (χ4v) is 12.2. The Kier molecular flexibility index (Phi) is 16.6. The van der Waals surface area contributed by atoms with Crippen molar-refractivity contribution >= 4 is 61.9 Å². The first-order valence-electron chi connectivity index (χ1n) is 23.9. The highest BCUT2D eigenvalue weighted by Crippen LogP contribution is 2.44. The molecule has 16 heteroatoms. The lowest BCUT2D eigenvalue weighted by atomic mass is 9.71. The van der Waals surface area contributed by atoms with E-state index in [4.69, 9.17) is 11.6 Å². The molecule has 1 aliphatic carbocycles. The van der Waals surface area contributed by atoms with Crippen LogP contribution in [-0.4, -0.2) is 131 Å². The van der Waals surface area contributed by atoms with E-state index in [0.29, 0.717) is 5.75 Å². The van der Waals surface area contributed by atoms with E-state index in [1.54, 1.807) is 23.9 Å². The molecule has 358 valence electrons. The number of hydrogen-bond donors (Lipinski definition) is 3. The quantitative estimate of drug-likeness (QED) is 0.0500. The second-order valence-electron chi connectivity index (χ2n) is 18.9. The van der Waals surface area contributed by atoms with Gasteiger partial charge in [0, 0.05) is 111 Å². The maximum absolute atomic E-state index is 13.6. The summed E-state index contributed by atoms with van der Waals surface area (Å²) in [6.45, 7) is 15.2. The highest BCUT2D eigenvalue weighted by Gasteiger charge is 2.35. The van der Waals surface area contributed by atoms with Gasteiger partial charge in [-0.15, -0.1) is 11.8 Å². The zero-order chi connectivity index (χ0) is 46.8. The first-order chi connectivity index (χ1) is 32.4. The number of likely N-dealkylation sites (tertiary alicyclic amines) is 1. The molecule has 67 heavy (non-hydrogen) atoms. The van der Waals surface area contributed by atoms with Crippen molar-refractivity contribution in [2.75, 3.05) is 101 Å². The molecule has 0 bridgehead atoms. The Morgan fingerprint density at radius 1 is 0.866 bits per heavy atom. The average Bonchev–Trinajstić information content (AvgIpc) is 3.34. The molecule has 0 unspecified atom stereocenters. The van der Waals surface area contributed by atoms with Crippen molar-refractivity contribution in [3.63, 3.8) is 0 Å². The summed E-state index contributed by atoms with van der Waals surface area (Å²) >= 11 is 7.97. The predicted molar refractivity (Wildman–Crippen MR) is 272 cm³/mol. The number of thioether (sulfide) groups is 1. The van der Waals surface area contributed by atoms with Crippen molar-refractivity contribution in [3.8, 4) is 0 Å². The largest absolute Gasteiger partial charge is 0.376 e. The fourth-order valence-electron chi connectivity index (χ4n) is 10.1. The van der Waals surface area contributed by atoms with Gasteiger partial charge < -0.3 is 25.3 Å². The molecule has 0 spiro atoms. The molecule has 0 radical (unpaired) electrons. The Morgan fingerprint density at radius 3 is 2.28 bits per heavy atom. The minimum atomic E-state index is -4.44. The third-order valence-corrected chi connectivity index (χ3v) is 16.6. The molecule has 1 amide bonds. The summed E-state index contributed by atoms with van der Waals surface area (Å²) in [5.41, 5.74) is 5.46. The number of sulfonamides is 1. The zero-order valence-corrected chi connectivity index (χ0v) is 41.0. The van der Waals surface area contributed by atoms with Crippen LogP contribution in [0.4, 0.5) is 17.1 Å². The predicted octanol–water partition coefficient (Wildman–Crippen LogP) is 8.49. The maximum Gasteiger partial charge on any atom is 0.293 e. The van der Waals surface area contributed by atoms with Crippen LogP contribution in [0.2, 0.25) is 5.02 Å². The molecule has 13 nitrogen and oxygen atoms in total. The smallest absolute Gasteiger partial charge is 0.293 e. The number of rotatable bonds is 18. The van der Waals surface area contributed by atoms with Crippen LogP contribution in [0.15, 0.2) is 112 Å². The molecule has 4 aromatic carbocycles. The number of benzene rings is 4. The Hall–Kier alpha value is -4.48. The lowest BCUT2D eigenvalue weighted by Crippen LogP contribution is -2.49. The van der Waals surface area contributed by atoms with E-state index >= 15 is 0 Å². The van der Waals surface area contributed by atoms with Crippen molar-refractivity contribution in [2.45, 2.75) is 67.7 Å². The second kappa shape index (κ2) is 22.8. The van der Waals surface area contributed by atoms with E-state index in [-0.39, 0.29) is 33.3 Å². The summed E-state index contributed by atoms with van der Waals surface area (Å²) in [5, 5.41) is 20.0. The van der Waals surface area contributed by atoms with Crippen LogP contribution in [0.1, 0.15) is 67.8 Å². The lowest BCUT2D eigenvalue weighted by Gasteiger charge is -2.43. The van der Waals surface area contributed by atoms with Gasteiger partial charge in [0.15, 0.2) is 0 Å². The fraction of sp³-hybridized carbons (Fsp3) is 0.471. The van der Waals surface area contributed by atoms with E-state index in [0.717, 1.165) is 132 Å². The van der Waals surface area contributed by atoms with Gasteiger partial charge in [-0.1, -0.05) is 60.9 Å². The molecule has 4 aromatic rings. The number of piperidine rings is 1. The Labute approximate surface area is 405 Å². The maximum atomic E-state index is 13.6. The molecule has 3 fully saturated rings. The van der Waals surface area contributed by atoms with Crippen LogP contribution in [0.25, 0.3) is 5.57 Å². The normalized spacial score (nSPS) is 20.7. The Bertz CT molecular complexity index is 2440. The van der Waals surface area contributed by atoms with E-state index in [1.807, 2.05) is 54.6 Å². The van der Waals surface area contributed by atoms with E-state index in [1.165, 1.54) is 48.1 Å². The first kappa shape index (κ1) is 49.0. The average molecular weight is 970 g/mol. The molecule has 4 aliphatic rings. The number of piperazine rings is 2. The molecule has 3 aliphatic heterocycles. The van der Waals surface area contributed by atoms with Crippen LogP contribution in [-0.2, 0) is 10.0 Å². The second-order valence-corrected chi connectivity index (χ2v) is 22.2. The van der Waals surface area contributed by atoms with Crippen molar-refractivity contribution < 1.29 is 18.1 Å². The van der Waals surface area contributed by atoms with Crippen molar-refractivity contribution in [1.29, 1.82) is 0 Å².